The molecule has 0 aliphatic rings. The first-order valence-corrected chi connectivity index (χ1v) is 7.01. The molecule has 0 aliphatic heterocycles. The molecule has 0 radical (unpaired) electrons. The summed E-state index contributed by atoms with van der Waals surface area (Å²) in [4.78, 5) is 0. The zero-order valence-electron chi connectivity index (χ0n) is 9.95. The molecule has 1 atom stereocenters. The SMILES string of the molecule is CC(C)C(C)CCCN(C)S(C)(=O)=O. The molecular weight excluding hydrogens is 198 g/mol. The third-order valence-electron chi connectivity index (χ3n) is 2.84. The second kappa shape index (κ2) is 5.71. The van der Waals surface area contributed by atoms with E-state index in [1.54, 1.807) is 7.05 Å². The first-order valence-electron chi connectivity index (χ1n) is 5.16. The summed E-state index contributed by atoms with van der Waals surface area (Å²) in [5, 5.41) is 0. The van der Waals surface area contributed by atoms with Crippen LogP contribution in [0, 0.1) is 11.8 Å². The average molecular weight is 221 g/mol. The zero-order chi connectivity index (χ0) is 11.4. The molecule has 0 bridgehead atoms. The van der Waals surface area contributed by atoms with Crippen LogP contribution in [0.2, 0.25) is 0 Å². The Labute approximate surface area is 88.5 Å². The van der Waals surface area contributed by atoms with E-state index >= 15 is 0 Å². The fourth-order valence-electron chi connectivity index (χ4n) is 1.14. The predicted octanol–water partition coefficient (Wildman–Crippen LogP) is 1.95. The van der Waals surface area contributed by atoms with Crippen LogP contribution in [0.15, 0.2) is 0 Å². The molecule has 0 saturated carbocycles. The molecule has 0 aromatic rings. The van der Waals surface area contributed by atoms with Crippen LogP contribution in [0.3, 0.4) is 0 Å². The van der Waals surface area contributed by atoms with Gasteiger partial charge in [-0.05, 0) is 24.7 Å². The van der Waals surface area contributed by atoms with Crippen molar-refractivity contribution in [2.24, 2.45) is 11.8 Å². The molecule has 0 spiro atoms. The Morgan fingerprint density at radius 1 is 1.21 bits per heavy atom. The number of hydrogen-bond acceptors (Lipinski definition) is 2. The van der Waals surface area contributed by atoms with Crippen LogP contribution in [0.1, 0.15) is 33.6 Å². The number of sulfonamides is 1. The second-order valence-corrected chi connectivity index (χ2v) is 6.54. The van der Waals surface area contributed by atoms with Crippen molar-refractivity contribution >= 4 is 10.0 Å². The molecule has 1 unspecified atom stereocenters. The van der Waals surface area contributed by atoms with Crippen LogP contribution in [-0.2, 0) is 10.0 Å². The van der Waals surface area contributed by atoms with Crippen LogP contribution < -0.4 is 0 Å². The quantitative estimate of drug-likeness (QED) is 0.687. The van der Waals surface area contributed by atoms with Crippen LogP contribution >= 0.6 is 0 Å². The number of rotatable bonds is 6. The van der Waals surface area contributed by atoms with Gasteiger partial charge in [0.05, 0.1) is 6.26 Å². The fraction of sp³-hybridized carbons (Fsp3) is 1.00. The third kappa shape index (κ3) is 5.60. The number of nitrogens with zero attached hydrogens (tertiary/aromatic N) is 1. The largest absolute Gasteiger partial charge is 0.213 e. The predicted molar refractivity (Wildman–Crippen MR) is 60.7 cm³/mol. The van der Waals surface area contributed by atoms with Crippen molar-refractivity contribution in [2.45, 2.75) is 33.6 Å². The van der Waals surface area contributed by atoms with Gasteiger partial charge in [-0.3, -0.25) is 0 Å². The van der Waals surface area contributed by atoms with Crippen molar-refractivity contribution in [3.05, 3.63) is 0 Å². The van der Waals surface area contributed by atoms with Crippen molar-refractivity contribution in [1.82, 2.24) is 4.31 Å². The Hall–Kier alpha value is -0.0900. The van der Waals surface area contributed by atoms with Gasteiger partial charge < -0.3 is 0 Å². The Balaban J connectivity index is 3.76. The minimum atomic E-state index is -2.99. The lowest BCUT2D eigenvalue weighted by Gasteiger charge is -2.18. The van der Waals surface area contributed by atoms with E-state index in [0.29, 0.717) is 18.4 Å². The molecule has 14 heavy (non-hydrogen) atoms. The highest BCUT2D eigenvalue weighted by atomic mass is 32.2. The highest BCUT2D eigenvalue weighted by Gasteiger charge is 2.12. The van der Waals surface area contributed by atoms with Gasteiger partial charge in [-0.2, -0.15) is 0 Å². The molecule has 0 amide bonds. The van der Waals surface area contributed by atoms with E-state index in [9.17, 15) is 8.42 Å². The van der Waals surface area contributed by atoms with Crippen LogP contribution in [0.5, 0.6) is 0 Å². The van der Waals surface area contributed by atoms with Crippen molar-refractivity contribution in [1.29, 1.82) is 0 Å². The summed E-state index contributed by atoms with van der Waals surface area (Å²) in [7, 11) is -1.35. The Bertz CT molecular complexity index is 247. The summed E-state index contributed by atoms with van der Waals surface area (Å²) in [5.41, 5.74) is 0. The van der Waals surface area contributed by atoms with Crippen molar-refractivity contribution in [3.63, 3.8) is 0 Å². The van der Waals surface area contributed by atoms with Crippen LogP contribution in [-0.4, -0.2) is 32.6 Å². The van der Waals surface area contributed by atoms with Gasteiger partial charge in [0.15, 0.2) is 0 Å². The van der Waals surface area contributed by atoms with Crippen molar-refractivity contribution in [3.8, 4) is 0 Å². The highest BCUT2D eigenvalue weighted by Crippen LogP contribution is 2.16. The molecule has 0 fully saturated rings. The summed E-state index contributed by atoms with van der Waals surface area (Å²) in [5.74, 6) is 1.35. The minimum Gasteiger partial charge on any atom is -0.213 e. The Morgan fingerprint density at radius 3 is 2.07 bits per heavy atom. The molecule has 0 aromatic heterocycles. The molecule has 0 rings (SSSR count). The van der Waals surface area contributed by atoms with Crippen molar-refractivity contribution in [2.75, 3.05) is 19.8 Å². The van der Waals surface area contributed by atoms with Gasteiger partial charge >= 0.3 is 0 Å². The summed E-state index contributed by atoms with van der Waals surface area (Å²) >= 11 is 0. The average Bonchev–Trinajstić information content (AvgIpc) is 2.01. The van der Waals surface area contributed by atoms with E-state index < -0.39 is 10.0 Å². The van der Waals surface area contributed by atoms with Crippen molar-refractivity contribution < 1.29 is 8.42 Å². The molecule has 4 heteroatoms. The maximum Gasteiger partial charge on any atom is 0.210 e. The molecule has 0 aromatic carbocycles. The van der Waals surface area contributed by atoms with Gasteiger partial charge in [-0.1, -0.05) is 20.8 Å². The van der Waals surface area contributed by atoms with E-state index in [2.05, 4.69) is 20.8 Å². The summed E-state index contributed by atoms with van der Waals surface area (Å²) < 4.78 is 23.6. The van der Waals surface area contributed by atoms with E-state index in [1.165, 1.54) is 10.6 Å². The Kier molecular flexibility index (Phi) is 5.67. The summed E-state index contributed by atoms with van der Waals surface area (Å²) in [6.45, 7) is 7.25. The maximum atomic E-state index is 11.1. The monoisotopic (exact) mass is 221 g/mol. The van der Waals surface area contributed by atoms with Gasteiger partial charge in [0.1, 0.15) is 0 Å². The van der Waals surface area contributed by atoms with Gasteiger partial charge in [0.25, 0.3) is 0 Å². The van der Waals surface area contributed by atoms with E-state index in [0.717, 1.165) is 12.8 Å². The molecule has 0 heterocycles. The normalized spacial score (nSPS) is 15.1. The fourth-order valence-corrected chi connectivity index (χ4v) is 1.60. The maximum absolute atomic E-state index is 11.1. The molecule has 0 N–H and O–H groups in total. The first kappa shape index (κ1) is 13.9. The van der Waals surface area contributed by atoms with E-state index in [4.69, 9.17) is 0 Å². The zero-order valence-corrected chi connectivity index (χ0v) is 10.8. The lowest BCUT2D eigenvalue weighted by molar-refractivity contribution is 0.361. The summed E-state index contributed by atoms with van der Waals surface area (Å²) in [6, 6.07) is 0. The standard InChI is InChI=1S/C10H23NO2S/c1-9(2)10(3)7-6-8-11(4)14(5,12)13/h9-10H,6-8H2,1-5H3. The molecule has 0 saturated heterocycles. The van der Waals surface area contributed by atoms with Gasteiger partial charge in [-0.25, -0.2) is 12.7 Å². The molecule has 0 aliphatic carbocycles. The smallest absolute Gasteiger partial charge is 0.210 e. The molecular formula is C10H23NO2S. The first-order chi connectivity index (χ1) is 6.25. The van der Waals surface area contributed by atoms with Gasteiger partial charge in [0, 0.05) is 13.6 Å². The number of hydrogen-bond donors (Lipinski definition) is 0. The Morgan fingerprint density at radius 2 is 1.71 bits per heavy atom. The molecule has 3 nitrogen and oxygen atoms in total. The van der Waals surface area contributed by atoms with E-state index in [1.807, 2.05) is 0 Å². The molecule has 86 valence electrons. The lowest BCUT2D eigenvalue weighted by atomic mass is 9.93. The summed E-state index contributed by atoms with van der Waals surface area (Å²) in [6.07, 6.45) is 3.29. The topological polar surface area (TPSA) is 37.4 Å². The second-order valence-electron chi connectivity index (χ2n) is 4.45. The third-order valence-corrected chi connectivity index (χ3v) is 4.15. The van der Waals surface area contributed by atoms with Crippen LogP contribution in [0.4, 0.5) is 0 Å². The highest BCUT2D eigenvalue weighted by molar-refractivity contribution is 7.88. The lowest BCUT2D eigenvalue weighted by Crippen LogP contribution is -2.26. The van der Waals surface area contributed by atoms with Crippen LogP contribution in [0.25, 0.3) is 0 Å². The van der Waals surface area contributed by atoms with E-state index in [-0.39, 0.29) is 0 Å². The van der Waals surface area contributed by atoms with Gasteiger partial charge in [0.2, 0.25) is 10.0 Å². The minimum absolute atomic E-state index is 0.635. The van der Waals surface area contributed by atoms with Gasteiger partial charge in [-0.15, -0.1) is 0 Å².